The number of rotatable bonds is 11. The highest BCUT2D eigenvalue weighted by Gasteiger charge is 2.14. The van der Waals surface area contributed by atoms with Gasteiger partial charge in [0.15, 0.2) is 16.7 Å². The molecule has 0 aliphatic heterocycles. The van der Waals surface area contributed by atoms with Gasteiger partial charge in [0, 0.05) is 30.4 Å². The molecule has 1 N–H and O–H groups in total. The van der Waals surface area contributed by atoms with Crippen LogP contribution in [0.15, 0.2) is 75.8 Å². The highest BCUT2D eigenvalue weighted by Crippen LogP contribution is 2.37. The van der Waals surface area contributed by atoms with E-state index in [1.54, 1.807) is 41.1 Å². The first-order valence-electron chi connectivity index (χ1n) is 11.7. The predicted octanol–water partition coefficient (Wildman–Crippen LogP) is 3.30. The SMILES string of the molecule is COc1cc(/C=N/NC(=O)CSc2nc3ccccc3c(=O)n2CCc2ccccn2)cc(OC)c1OC. The van der Waals surface area contributed by atoms with E-state index in [2.05, 4.69) is 20.5 Å². The number of para-hydroxylation sites is 1. The summed E-state index contributed by atoms with van der Waals surface area (Å²) in [6, 6.07) is 16.3. The number of amides is 1. The number of carbonyl (C=O) groups is 1. The molecule has 0 spiro atoms. The van der Waals surface area contributed by atoms with Gasteiger partial charge in [-0.1, -0.05) is 30.0 Å². The quantitative estimate of drug-likeness (QED) is 0.135. The van der Waals surface area contributed by atoms with E-state index < -0.39 is 0 Å². The lowest BCUT2D eigenvalue weighted by molar-refractivity contribution is -0.118. The molecule has 0 bridgehead atoms. The number of aromatic nitrogens is 3. The van der Waals surface area contributed by atoms with E-state index >= 15 is 0 Å². The van der Waals surface area contributed by atoms with Gasteiger partial charge in [-0.05, 0) is 36.4 Å². The Kier molecular flexibility index (Phi) is 8.94. The van der Waals surface area contributed by atoms with E-state index in [0.29, 0.717) is 51.8 Å². The normalized spacial score (nSPS) is 11.0. The second-order valence-electron chi connectivity index (χ2n) is 7.98. The Morgan fingerprint density at radius 3 is 2.47 bits per heavy atom. The number of nitrogens with zero attached hydrogens (tertiary/aromatic N) is 4. The topological polar surface area (TPSA) is 117 Å². The van der Waals surface area contributed by atoms with Crippen LogP contribution in [0.25, 0.3) is 10.9 Å². The molecule has 4 rings (SSSR count). The van der Waals surface area contributed by atoms with E-state index in [0.717, 1.165) is 5.69 Å². The molecule has 38 heavy (non-hydrogen) atoms. The number of ether oxygens (including phenoxy) is 3. The standard InChI is InChI=1S/C27H27N5O5S/c1-35-22-14-18(15-23(36-2)25(22)37-3)16-29-31-24(33)17-38-27-30-21-10-5-4-9-20(21)26(34)32(27)13-11-19-8-6-7-12-28-19/h4-10,12,14-16H,11,13,17H2,1-3H3,(H,31,33)/b29-16+. The van der Waals surface area contributed by atoms with Crippen LogP contribution in [0.3, 0.4) is 0 Å². The highest BCUT2D eigenvalue weighted by molar-refractivity contribution is 7.99. The Bertz CT molecular complexity index is 1480. The first-order chi connectivity index (χ1) is 18.5. The van der Waals surface area contributed by atoms with Crippen molar-refractivity contribution in [1.82, 2.24) is 20.0 Å². The zero-order valence-electron chi connectivity index (χ0n) is 21.2. The third-order valence-corrected chi connectivity index (χ3v) is 6.54. The monoisotopic (exact) mass is 533 g/mol. The van der Waals surface area contributed by atoms with Crippen LogP contribution in [0.2, 0.25) is 0 Å². The fourth-order valence-corrected chi connectivity index (χ4v) is 4.56. The van der Waals surface area contributed by atoms with Crippen molar-refractivity contribution < 1.29 is 19.0 Å². The molecule has 0 saturated heterocycles. The maximum absolute atomic E-state index is 13.2. The summed E-state index contributed by atoms with van der Waals surface area (Å²) in [7, 11) is 4.57. The summed E-state index contributed by atoms with van der Waals surface area (Å²) in [4.78, 5) is 34.8. The fraction of sp³-hybridized carbons (Fsp3) is 0.222. The summed E-state index contributed by atoms with van der Waals surface area (Å²) in [5, 5.41) is 5.02. The van der Waals surface area contributed by atoms with Gasteiger partial charge in [-0.15, -0.1) is 0 Å². The lowest BCUT2D eigenvalue weighted by Gasteiger charge is -2.13. The summed E-state index contributed by atoms with van der Waals surface area (Å²) in [6.07, 6.45) is 3.75. The summed E-state index contributed by atoms with van der Waals surface area (Å²) < 4.78 is 17.6. The van der Waals surface area contributed by atoms with Crippen LogP contribution >= 0.6 is 11.8 Å². The summed E-state index contributed by atoms with van der Waals surface area (Å²) in [6.45, 7) is 0.386. The average molecular weight is 534 g/mol. The van der Waals surface area contributed by atoms with Crippen molar-refractivity contribution in [2.24, 2.45) is 5.10 Å². The minimum absolute atomic E-state index is 0.0148. The number of methoxy groups -OCH3 is 3. The molecular formula is C27H27N5O5S. The number of thioether (sulfide) groups is 1. The van der Waals surface area contributed by atoms with Crippen LogP contribution in [-0.4, -0.2) is 53.7 Å². The molecule has 0 aliphatic rings. The van der Waals surface area contributed by atoms with E-state index in [-0.39, 0.29) is 17.2 Å². The third-order valence-electron chi connectivity index (χ3n) is 5.57. The molecule has 0 fully saturated rings. The van der Waals surface area contributed by atoms with Gasteiger partial charge >= 0.3 is 0 Å². The molecule has 1 amide bonds. The molecule has 0 saturated carbocycles. The Morgan fingerprint density at radius 1 is 1.05 bits per heavy atom. The zero-order chi connectivity index (χ0) is 26.9. The maximum atomic E-state index is 13.2. The molecule has 2 aromatic carbocycles. The minimum Gasteiger partial charge on any atom is -0.493 e. The number of hydrazone groups is 1. The van der Waals surface area contributed by atoms with Gasteiger partial charge in [-0.3, -0.25) is 19.1 Å². The fourth-order valence-electron chi connectivity index (χ4n) is 3.74. The van der Waals surface area contributed by atoms with E-state index in [1.165, 1.54) is 39.3 Å². The lowest BCUT2D eigenvalue weighted by atomic mass is 10.2. The summed E-state index contributed by atoms with van der Waals surface area (Å²) >= 11 is 1.17. The van der Waals surface area contributed by atoms with Gasteiger partial charge in [0.1, 0.15) is 0 Å². The van der Waals surface area contributed by atoms with Crippen molar-refractivity contribution in [3.8, 4) is 17.2 Å². The number of fused-ring (bicyclic) bond motifs is 1. The largest absolute Gasteiger partial charge is 0.493 e. The van der Waals surface area contributed by atoms with Crippen molar-refractivity contribution in [1.29, 1.82) is 0 Å². The van der Waals surface area contributed by atoms with Crippen LogP contribution in [0, 0.1) is 0 Å². The second kappa shape index (κ2) is 12.7. The molecule has 10 nitrogen and oxygen atoms in total. The molecule has 2 heterocycles. The van der Waals surface area contributed by atoms with Crippen LogP contribution in [-0.2, 0) is 17.8 Å². The Morgan fingerprint density at radius 2 is 1.79 bits per heavy atom. The van der Waals surface area contributed by atoms with Crippen LogP contribution in [0.5, 0.6) is 17.2 Å². The maximum Gasteiger partial charge on any atom is 0.262 e. The molecule has 0 aliphatic carbocycles. The number of hydrogen-bond donors (Lipinski definition) is 1. The molecular weight excluding hydrogens is 506 g/mol. The minimum atomic E-state index is -0.350. The first-order valence-corrected chi connectivity index (χ1v) is 12.7. The number of benzene rings is 2. The molecule has 0 atom stereocenters. The average Bonchev–Trinajstić information content (AvgIpc) is 2.95. The Labute approximate surface area is 223 Å². The number of hydrogen-bond acceptors (Lipinski definition) is 9. The van der Waals surface area contributed by atoms with Crippen molar-refractivity contribution in [2.45, 2.75) is 18.1 Å². The van der Waals surface area contributed by atoms with E-state index in [1.807, 2.05) is 24.3 Å². The number of carbonyl (C=O) groups excluding carboxylic acids is 1. The van der Waals surface area contributed by atoms with Crippen molar-refractivity contribution in [3.63, 3.8) is 0 Å². The van der Waals surface area contributed by atoms with Gasteiger partial charge in [-0.25, -0.2) is 10.4 Å². The molecule has 11 heteroatoms. The van der Waals surface area contributed by atoms with Gasteiger partial charge in [-0.2, -0.15) is 5.10 Å². The summed E-state index contributed by atoms with van der Waals surface area (Å²) in [5.74, 6) is 1.07. The molecule has 196 valence electrons. The number of aryl methyl sites for hydroxylation is 1. The van der Waals surface area contributed by atoms with Crippen molar-refractivity contribution >= 4 is 34.8 Å². The molecule has 0 unspecified atom stereocenters. The second-order valence-corrected chi connectivity index (χ2v) is 8.92. The van der Waals surface area contributed by atoms with Crippen LogP contribution in [0.4, 0.5) is 0 Å². The smallest absolute Gasteiger partial charge is 0.262 e. The Balaban J connectivity index is 1.47. The Hall–Kier alpha value is -4.38. The summed E-state index contributed by atoms with van der Waals surface area (Å²) in [5.41, 5.74) is 4.44. The van der Waals surface area contributed by atoms with Gasteiger partial charge in [0.05, 0.1) is 44.2 Å². The third kappa shape index (κ3) is 6.30. The number of nitrogens with one attached hydrogen (secondary N) is 1. The first kappa shape index (κ1) is 26.7. The van der Waals surface area contributed by atoms with E-state index in [9.17, 15) is 9.59 Å². The number of pyridine rings is 1. The highest BCUT2D eigenvalue weighted by atomic mass is 32.2. The van der Waals surface area contributed by atoms with Gasteiger partial charge in [0.25, 0.3) is 11.5 Å². The van der Waals surface area contributed by atoms with Gasteiger partial charge < -0.3 is 14.2 Å². The van der Waals surface area contributed by atoms with Crippen molar-refractivity contribution in [3.05, 3.63) is 82.4 Å². The van der Waals surface area contributed by atoms with Gasteiger partial charge in [0.2, 0.25) is 5.75 Å². The van der Waals surface area contributed by atoms with Crippen LogP contribution in [0.1, 0.15) is 11.3 Å². The molecule has 4 aromatic rings. The molecule has 2 aromatic heterocycles. The zero-order valence-corrected chi connectivity index (χ0v) is 22.0. The molecule has 0 radical (unpaired) electrons. The lowest BCUT2D eigenvalue weighted by Crippen LogP contribution is -2.26. The van der Waals surface area contributed by atoms with Crippen LogP contribution < -0.4 is 25.2 Å². The predicted molar refractivity (Wildman–Crippen MR) is 147 cm³/mol. The van der Waals surface area contributed by atoms with E-state index in [4.69, 9.17) is 14.2 Å². The van der Waals surface area contributed by atoms with Crippen molar-refractivity contribution in [2.75, 3.05) is 27.1 Å².